The normalized spacial score (nSPS) is 19.3. The third-order valence-electron chi connectivity index (χ3n) is 5.61. The average molecular weight is 412 g/mol. The number of unbranched alkanes of at least 4 members (excludes halogenated alkanes) is 2. The van der Waals surface area contributed by atoms with Crippen molar-refractivity contribution < 1.29 is 18.3 Å². The number of amides is 1. The summed E-state index contributed by atoms with van der Waals surface area (Å²) < 4.78 is 33.4. The molecule has 2 saturated heterocycles. The van der Waals surface area contributed by atoms with Crippen molar-refractivity contribution in [2.75, 3.05) is 32.8 Å². The fraction of sp³-hybridized carbons (Fsp3) is 0.667. The minimum Gasteiger partial charge on any atom is -0.493 e. The molecule has 0 radical (unpaired) electrons. The largest absolute Gasteiger partial charge is 0.493 e. The van der Waals surface area contributed by atoms with Gasteiger partial charge in [0, 0.05) is 6.07 Å². The highest BCUT2D eigenvalue weighted by Gasteiger charge is 2.41. The van der Waals surface area contributed by atoms with Crippen LogP contribution < -0.4 is 10.1 Å². The summed E-state index contributed by atoms with van der Waals surface area (Å²) in [7, 11) is 2.10. The average Bonchev–Trinajstić information content (AvgIpc) is 2.65. The van der Waals surface area contributed by atoms with Crippen molar-refractivity contribution in [2.24, 2.45) is 5.92 Å². The Labute approximate surface area is 168 Å². The monoisotopic (exact) mass is 412 g/mol. The summed E-state index contributed by atoms with van der Waals surface area (Å²) in [6.07, 6.45) is 7.11. The molecule has 0 saturated carbocycles. The number of hydrogen-bond acceptors (Lipinski definition) is 3. The molecular formula is C21H31F2N2O2P. The van der Waals surface area contributed by atoms with E-state index in [1.165, 1.54) is 36.6 Å². The third kappa shape index (κ3) is 6.38. The summed E-state index contributed by atoms with van der Waals surface area (Å²) in [6, 6.07) is 4.62. The molecule has 7 heteroatoms. The first-order valence-electron chi connectivity index (χ1n) is 10.3. The Morgan fingerprint density at radius 3 is 2.68 bits per heavy atom. The molecule has 1 atom stereocenters. The predicted molar refractivity (Wildman–Crippen MR) is 110 cm³/mol. The number of benzene rings is 1. The van der Waals surface area contributed by atoms with Crippen LogP contribution in [0, 0.1) is 11.7 Å². The van der Waals surface area contributed by atoms with E-state index in [2.05, 4.69) is 14.6 Å². The number of nitrogens with zero attached hydrogens (tertiary/aromatic N) is 1. The molecule has 2 aliphatic rings. The van der Waals surface area contributed by atoms with Crippen molar-refractivity contribution in [3.05, 3.63) is 29.6 Å². The summed E-state index contributed by atoms with van der Waals surface area (Å²) in [4.78, 5) is 13.5. The second-order valence-corrected chi connectivity index (χ2v) is 9.14. The molecule has 0 spiro atoms. The van der Waals surface area contributed by atoms with Crippen molar-refractivity contribution in [1.82, 2.24) is 10.2 Å². The third-order valence-corrected chi connectivity index (χ3v) is 5.98. The number of carbonyl (C=O) groups excluding carboxylic acids is 1. The topological polar surface area (TPSA) is 41.6 Å². The summed E-state index contributed by atoms with van der Waals surface area (Å²) in [5.41, 5.74) is 0.319. The number of rotatable bonds is 9. The van der Waals surface area contributed by atoms with Gasteiger partial charge in [0.25, 0.3) is 0 Å². The maximum Gasteiger partial charge on any atom is 0.227 e. The predicted octanol–water partition coefficient (Wildman–Crippen LogP) is 3.69. The van der Waals surface area contributed by atoms with Crippen LogP contribution in [0.5, 0.6) is 5.75 Å². The van der Waals surface area contributed by atoms with Crippen LogP contribution in [-0.2, 0) is 11.2 Å². The summed E-state index contributed by atoms with van der Waals surface area (Å²) in [5, 5.41) is 2.00. The number of nitrogens with one attached hydrogen (secondary N) is 1. The van der Waals surface area contributed by atoms with Crippen molar-refractivity contribution >= 4 is 15.1 Å². The van der Waals surface area contributed by atoms with Crippen LogP contribution >= 0.6 is 9.24 Å². The number of carbonyl (C=O) groups is 1. The summed E-state index contributed by atoms with van der Waals surface area (Å²) in [5.74, 6) is 0.649. The van der Waals surface area contributed by atoms with Crippen molar-refractivity contribution in [2.45, 2.75) is 50.4 Å². The Bertz CT molecular complexity index is 658. The Kier molecular flexibility index (Phi) is 7.64. The van der Waals surface area contributed by atoms with Gasteiger partial charge in [-0.3, -0.25) is 4.79 Å². The summed E-state index contributed by atoms with van der Waals surface area (Å²) in [6.45, 7) is 2.97. The number of likely N-dealkylation sites (tertiary alicyclic amines) is 1. The van der Waals surface area contributed by atoms with Gasteiger partial charge >= 0.3 is 0 Å². The lowest BCUT2D eigenvalue weighted by Crippen LogP contribution is -2.57. The highest BCUT2D eigenvalue weighted by molar-refractivity contribution is 7.18. The number of hydrogen-bond donors (Lipinski definition) is 1. The standard InChI is InChI=1S/C21H31F2N2O2P/c22-19-13-18(27-11-3-1-2-4-16-7-9-24-10-8-16)6-5-17(19)12-20(26)25-14-21(23,28)15-25/h5-6,13,16,24H,1-4,7-12,14-15,28H2. The van der Waals surface area contributed by atoms with Crippen molar-refractivity contribution in [3.8, 4) is 5.75 Å². The van der Waals surface area contributed by atoms with Crippen LogP contribution in [-0.4, -0.2) is 49.0 Å². The van der Waals surface area contributed by atoms with E-state index in [1.54, 1.807) is 12.1 Å². The summed E-state index contributed by atoms with van der Waals surface area (Å²) >= 11 is 0. The van der Waals surface area contributed by atoms with E-state index in [-0.39, 0.29) is 25.4 Å². The van der Waals surface area contributed by atoms with E-state index in [9.17, 15) is 13.6 Å². The molecule has 3 rings (SSSR count). The Morgan fingerprint density at radius 2 is 2.00 bits per heavy atom. The maximum absolute atomic E-state index is 14.2. The van der Waals surface area contributed by atoms with E-state index in [0.29, 0.717) is 17.9 Å². The molecule has 1 unspecified atom stereocenters. The Morgan fingerprint density at radius 1 is 1.25 bits per heavy atom. The lowest BCUT2D eigenvalue weighted by atomic mass is 9.92. The number of piperidine rings is 1. The second-order valence-electron chi connectivity index (χ2n) is 8.11. The molecule has 1 aromatic rings. The number of alkyl halides is 1. The van der Waals surface area contributed by atoms with Crippen LogP contribution in [0.25, 0.3) is 0 Å². The van der Waals surface area contributed by atoms with Crippen molar-refractivity contribution in [3.63, 3.8) is 0 Å². The SMILES string of the molecule is O=C(Cc1ccc(OCCCCCC2CCNCC2)cc1F)N1CC(F)(P)C1. The van der Waals surface area contributed by atoms with Gasteiger partial charge in [0.2, 0.25) is 5.91 Å². The molecule has 28 heavy (non-hydrogen) atoms. The van der Waals surface area contributed by atoms with Gasteiger partial charge in [-0.15, -0.1) is 0 Å². The molecular weight excluding hydrogens is 381 g/mol. The lowest BCUT2D eigenvalue weighted by molar-refractivity contribution is -0.139. The molecule has 2 heterocycles. The van der Waals surface area contributed by atoms with Gasteiger partial charge in [-0.2, -0.15) is 0 Å². The Balaban J connectivity index is 1.33. The molecule has 2 aliphatic heterocycles. The highest BCUT2D eigenvalue weighted by Crippen LogP contribution is 2.32. The fourth-order valence-electron chi connectivity index (χ4n) is 3.87. The molecule has 2 fully saturated rings. The zero-order chi connectivity index (χ0) is 20.0. The molecule has 1 aromatic carbocycles. The van der Waals surface area contributed by atoms with Gasteiger partial charge in [0.1, 0.15) is 11.6 Å². The first-order chi connectivity index (χ1) is 13.4. The molecule has 1 amide bonds. The van der Waals surface area contributed by atoms with Gasteiger partial charge < -0.3 is 15.0 Å². The molecule has 1 N–H and O–H groups in total. The van der Waals surface area contributed by atoms with E-state index >= 15 is 0 Å². The van der Waals surface area contributed by atoms with Crippen LogP contribution in [0.15, 0.2) is 18.2 Å². The van der Waals surface area contributed by atoms with E-state index < -0.39 is 11.2 Å². The Hall–Kier alpha value is -1.26. The molecule has 0 aromatic heterocycles. The van der Waals surface area contributed by atoms with Gasteiger partial charge in [0.15, 0.2) is 5.41 Å². The van der Waals surface area contributed by atoms with Crippen LogP contribution in [0.2, 0.25) is 0 Å². The molecule has 0 aliphatic carbocycles. The molecule has 156 valence electrons. The van der Waals surface area contributed by atoms with Crippen LogP contribution in [0.1, 0.15) is 44.1 Å². The quantitative estimate of drug-likeness (QED) is 0.497. The lowest BCUT2D eigenvalue weighted by Gasteiger charge is -2.42. The van der Waals surface area contributed by atoms with E-state index in [4.69, 9.17) is 4.74 Å². The molecule has 4 nitrogen and oxygen atoms in total. The highest BCUT2D eigenvalue weighted by atomic mass is 31.0. The number of halogens is 2. The first-order valence-corrected chi connectivity index (χ1v) is 10.9. The number of ether oxygens (including phenoxy) is 1. The maximum atomic E-state index is 14.2. The zero-order valence-corrected chi connectivity index (χ0v) is 17.5. The van der Waals surface area contributed by atoms with Crippen LogP contribution in [0.4, 0.5) is 8.78 Å². The second kappa shape index (κ2) is 9.98. The first kappa shape index (κ1) is 21.4. The van der Waals surface area contributed by atoms with Crippen molar-refractivity contribution in [1.29, 1.82) is 0 Å². The van der Waals surface area contributed by atoms with Gasteiger partial charge in [0.05, 0.1) is 26.1 Å². The van der Waals surface area contributed by atoms with Gasteiger partial charge in [-0.1, -0.05) is 34.6 Å². The van der Waals surface area contributed by atoms with E-state index in [1.807, 2.05) is 0 Å². The fourth-order valence-corrected chi connectivity index (χ4v) is 4.31. The minimum atomic E-state index is -1.39. The van der Waals surface area contributed by atoms with Gasteiger partial charge in [-0.25, -0.2) is 8.78 Å². The van der Waals surface area contributed by atoms with Gasteiger partial charge in [-0.05, 0) is 49.9 Å². The zero-order valence-electron chi connectivity index (χ0n) is 16.4. The minimum absolute atomic E-state index is 0.0520. The van der Waals surface area contributed by atoms with Crippen LogP contribution in [0.3, 0.4) is 0 Å². The van der Waals surface area contributed by atoms with E-state index in [0.717, 1.165) is 31.8 Å². The molecule has 0 bridgehead atoms. The smallest absolute Gasteiger partial charge is 0.227 e.